The van der Waals surface area contributed by atoms with Gasteiger partial charge < -0.3 is 0 Å². The largest absolute Gasteiger partial charge is 0.280 e. The van der Waals surface area contributed by atoms with Crippen molar-refractivity contribution in [3.8, 4) is 0 Å². The summed E-state index contributed by atoms with van der Waals surface area (Å²) in [5.74, 6) is 0. The quantitative estimate of drug-likeness (QED) is 0.675. The van der Waals surface area contributed by atoms with Gasteiger partial charge in [0.2, 0.25) is 0 Å². The minimum Gasteiger partial charge on any atom is -0.280 e. The number of nitrogens with zero attached hydrogens (tertiary/aromatic N) is 1. The lowest BCUT2D eigenvalue weighted by Gasteiger charge is -2.12. The lowest BCUT2D eigenvalue weighted by molar-refractivity contribution is -0.384. The molecule has 2 aromatic carbocycles. The van der Waals surface area contributed by atoms with Gasteiger partial charge in [-0.3, -0.25) is 14.8 Å². The molecule has 0 aromatic heterocycles. The third kappa shape index (κ3) is 3.32. The van der Waals surface area contributed by atoms with E-state index in [4.69, 9.17) is 0 Å². The number of nitro benzene ring substituents is 1. The van der Waals surface area contributed by atoms with Gasteiger partial charge in [-0.2, -0.15) is 0 Å². The summed E-state index contributed by atoms with van der Waals surface area (Å²) in [6.45, 7) is 5.49. The van der Waals surface area contributed by atoms with E-state index >= 15 is 0 Å². The Labute approximate surface area is 128 Å². The van der Waals surface area contributed by atoms with Crippen LogP contribution >= 0.6 is 0 Å². The Morgan fingerprint density at radius 3 is 2.27 bits per heavy atom. The third-order valence-corrected chi connectivity index (χ3v) is 4.41. The zero-order chi connectivity index (χ0) is 16.3. The standard InChI is InChI=1S/C15H14N2O4S/c1-11(2)14-5-3-4-6-15(14)22(20,21)16-12-7-9-13(10-8-12)17(18)19/h3-10,16H,1H2,2H3. The van der Waals surface area contributed by atoms with Crippen molar-refractivity contribution < 1.29 is 13.3 Å². The second-order valence-corrected chi connectivity index (χ2v) is 6.34. The molecule has 0 atom stereocenters. The van der Waals surface area contributed by atoms with Crippen LogP contribution in [-0.2, 0) is 10.0 Å². The van der Waals surface area contributed by atoms with Crippen LogP contribution in [0.3, 0.4) is 0 Å². The highest BCUT2D eigenvalue weighted by Gasteiger charge is 2.18. The summed E-state index contributed by atoms with van der Waals surface area (Å²) in [7, 11) is -3.80. The molecular weight excluding hydrogens is 304 g/mol. The fourth-order valence-electron chi connectivity index (χ4n) is 1.91. The summed E-state index contributed by atoms with van der Waals surface area (Å²) in [6.07, 6.45) is 0. The number of allylic oxidation sites excluding steroid dienone is 1. The molecule has 0 heterocycles. The molecule has 22 heavy (non-hydrogen) atoms. The van der Waals surface area contributed by atoms with Crippen molar-refractivity contribution >= 4 is 27.0 Å². The Balaban J connectivity index is 2.36. The summed E-state index contributed by atoms with van der Waals surface area (Å²) < 4.78 is 27.3. The average molecular weight is 318 g/mol. The summed E-state index contributed by atoms with van der Waals surface area (Å²) >= 11 is 0. The molecule has 0 radical (unpaired) electrons. The molecule has 0 aliphatic heterocycles. The third-order valence-electron chi connectivity index (χ3n) is 2.97. The first kappa shape index (κ1) is 15.7. The molecule has 114 valence electrons. The first-order valence-corrected chi connectivity index (χ1v) is 7.82. The first-order valence-electron chi connectivity index (χ1n) is 6.33. The summed E-state index contributed by atoms with van der Waals surface area (Å²) in [4.78, 5) is 10.2. The molecule has 0 unspecified atom stereocenters. The smallest absolute Gasteiger partial charge is 0.269 e. The number of non-ortho nitro benzene ring substituents is 1. The molecule has 2 rings (SSSR count). The minimum absolute atomic E-state index is 0.106. The van der Waals surface area contributed by atoms with E-state index in [-0.39, 0.29) is 16.3 Å². The maximum Gasteiger partial charge on any atom is 0.269 e. The van der Waals surface area contributed by atoms with Crippen LogP contribution in [0.5, 0.6) is 0 Å². The number of hydrogen-bond donors (Lipinski definition) is 1. The van der Waals surface area contributed by atoms with Gasteiger partial charge in [-0.15, -0.1) is 0 Å². The summed E-state index contributed by atoms with van der Waals surface area (Å²) in [6, 6.07) is 11.7. The molecule has 6 nitrogen and oxygen atoms in total. The molecule has 0 saturated carbocycles. The Morgan fingerprint density at radius 1 is 1.14 bits per heavy atom. The van der Waals surface area contributed by atoms with Crippen LogP contribution in [0.25, 0.3) is 5.57 Å². The van der Waals surface area contributed by atoms with Gasteiger partial charge in [0.15, 0.2) is 0 Å². The Hall–Kier alpha value is -2.67. The van der Waals surface area contributed by atoms with Crippen LogP contribution in [0, 0.1) is 10.1 Å². The molecule has 2 aromatic rings. The van der Waals surface area contributed by atoms with Gasteiger partial charge in [-0.1, -0.05) is 24.8 Å². The maximum atomic E-state index is 12.5. The summed E-state index contributed by atoms with van der Waals surface area (Å²) in [5.41, 5.74) is 1.30. The fraction of sp³-hybridized carbons (Fsp3) is 0.0667. The summed E-state index contributed by atoms with van der Waals surface area (Å²) in [5, 5.41) is 10.6. The molecule has 1 N–H and O–H groups in total. The number of hydrogen-bond acceptors (Lipinski definition) is 4. The highest BCUT2D eigenvalue weighted by molar-refractivity contribution is 7.92. The molecular formula is C15H14N2O4S. The lowest BCUT2D eigenvalue weighted by atomic mass is 10.1. The Bertz CT molecular complexity index is 827. The van der Waals surface area contributed by atoms with E-state index in [1.807, 2.05) is 0 Å². The van der Waals surface area contributed by atoms with Gasteiger partial charge in [0.1, 0.15) is 0 Å². The van der Waals surface area contributed by atoms with Crippen molar-refractivity contribution in [1.29, 1.82) is 0 Å². The number of nitro groups is 1. The highest BCUT2D eigenvalue weighted by Crippen LogP contribution is 2.25. The molecule has 0 aliphatic rings. The molecule has 0 spiro atoms. The van der Waals surface area contributed by atoms with E-state index in [0.29, 0.717) is 11.1 Å². The number of benzene rings is 2. The van der Waals surface area contributed by atoms with E-state index in [2.05, 4.69) is 11.3 Å². The first-order chi connectivity index (χ1) is 10.3. The topological polar surface area (TPSA) is 89.3 Å². The van der Waals surface area contributed by atoms with Crippen LogP contribution < -0.4 is 4.72 Å². The molecule has 0 aliphatic carbocycles. The van der Waals surface area contributed by atoms with Crippen LogP contribution in [0.1, 0.15) is 12.5 Å². The van der Waals surface area contributed by atoms with Gasteiger partial charge in [0.05, 0.1) is 9.82 Å². The maximum absolute atomic E-state index is 12.5. The average Bonchev–Trinajstić information content (AvgIpc) is 2.47. The van der Waals surface area contributed by atoms with E-state index in [9.17, 15) is 18.5 Å². The highest BCUT2D eigenvalue weighted by atomic mass is 32.2. The van der Waals surface area contributed by atoms with Crippen LogP contribution in [0.4, 0.5) is 11.4 Å². The van der Waals surface area contributed by atoms with Crippen molar-refractivity contribution in [3.63, 3.8) is 0 Å². The minimum atomic E-state index is -3.80. The second-order valence-electron chi connectivity index (χ2n) is 4.69. The van der Waals surface area contributed by atoms with Crippen molar-refractivity contribution in [2.24, 2.45) is 0 Å². The monoisotopic (exact) mass is 318 g/mol. The number of sulfonamides is 1. The Morgan fingerprint density at radius 2 is 1.73 bits per heavy atom. The number of anilines is 1. The predicted octanol–water partition coefficient (Wildman–Crippen LogP) is 3.43. The van der Waals surface area contributed by atoms with Crippen molar-refractivity contribution in [3.05, 3.63) is 70.8 Å². The van der Waals surface area contributed by atoms with Crippen LogP contribution in [0.15, 0.2) is 60.0 Å². The zero-order valence-electron chi connectivity index (χ0n) is 11.8. The van der Waals surface area contributed by atoms with Gasteiger partial charge in [-0.25, -0.2) is 8.42 Å². The van der Waals surface area contributed by atoms with E-state index in [0.717, 1.165) is 0 Å². The molecule has 0 amide bonds. The van der Waals surface area contributed by atoms with Gasteiger partial charge in [-0.05, 0) is 36.3 Å². The van der Waals surface area contributed by atoms with Crippen LogP contribution in [-0.4, -0.2) is 13.3 Å². The molecule has 7 heteroatoms. The van der Waals surface area contributed by atoms with Crippen LogP contribution in [0.2, 0.25) is 0 Å². The van der Waals surface area contributed by atoms with E-state index in [1.165, 1.54) is 30.3 Å². The molecule has 0 bridgehead atoms. The van der Waals surface area contributed by atoms with Crippen molar-refractivity contribution in [2.45, 2.75) is 11.8 Å². The van der Waals surface area contributed by atoms with E-state index in [1.54, 1.807) is 25.1 Å². The van der Waals surface area contributed by atoms with Crippen molar-refractivity contribution in [2.75, 3.05) is 4.72 Å². The molecule has 0 fully saturated rings. The fourth-order valence-corrected chi connectivity index (χ4v) is 3.26. The lowest BCUT2D eigenvalue weighted by Crippen LogP contribution is -2.14. The van der Waals surface area contributed by atoms with Gasteiger partial charge in [0.25, 0.3) is 15.7 Å². The zero-order valence-corrected chi connectivity index (χ0v) is 12.6. The number of nitrogens with one attached hydrogen (secondary N) is 1. The number of rotatable bonds is 5. The predicted molar refractivity (Wildman–Crippen MR) is 85.1 cm³/mol. The van der Waals surface area contributed by atoms with Gasteiger partial charge in [0, 0.05) is 17.8 Å². The SMILES string of the molecule is C=C(C)c1ccccc1S(=O)(=O)Nc1ccc([N+](=O)[O-])cc1. The Kier molecular flexibility index (Phi) is 4.27. The van der Waals surface area contributed by atoms with Crippen molar-refractivity contribution in [1.82, 2.24) is 0 Å². The van der Waals surface area contributed by atoms with Gasteiger partial charge >= 0.3 is 0 Å². The van der Waals surface area contributed by atoms with E-state index < -0.39 is 14.9 Å². The second kappa shape index (κ2) is 5.98. The molecule has 0 saturated heterocycles. The normalized spacial score (nSPS) is 11.0.